The molecule has 0 atom stereocenters. The zero-order valence-corrected chi connectivity index (χ0v) is 17.7. The van der Waals surface area contributed by atoms with Gasteiger partial charge in [-0.1, -0.05) is 41.4 Å². The molecular weight excluding hydrogens is 414 g/mol. The van der Waals surface area contributed by atoms with E-state index in [0.29, 0.717) is 17.2 Å². The van der Waals surface area contributed by atoms with Gasteiger partial charge in [-0.05, 0) is 66.6 Å². The predicted octanol–water partition coefficient (Wildman–Crippen LogP) is 4.11. The quantitative estimate of drug-likeness (QED) is 0.413. The van der Waals surface area contributed by atoms with Crippen LogP contribution in [-0.4, -0.2) is 24.6 Å². The van der Waals surface area contributed by atoms with E-state index in [1.807, 2.05) is 67.6 Å². The van der Waals surface area contributed by atoms with Gasteiger partial charge in [0.05, 0.1) is 12.8 Å². The molecule has 0 aliphatic carbocycles. The fourth-order valence-corrected chi connectivity index (χ4v) is 2.71. The maximum atomic E-state index is 12.0. The molecule has 0 saturated carbocycles. The van der Waals surface area contributed by atoms with Crippen molar-refractivity contribution in [2.24, 2.45) is 5.10 Å². The molecule has 158 valence electrons. The summed E-state index contributed by atoms with van der Waals surface area (Å²) in [6, 6.07) is 21.9. The largest absolute Gasteiger partial charge is 0.489 e. The van der Waals surface area contributed by atoms with Gasteiger partial charge in [-0.25, -0.2) is 5.43 Å². The summed E-state index contributed by atoms with van der Waals surface area (Å²) < 4.78 is 5.73. The molecule has 0 spiro atoms. The topological polar surface area (TPSA) is 79.8 Å². The molecule has 0 fully saturated rings. The Morgan fingerprint density at radius 3 is 2.32 bits per heavy atom. The molecule has 0 unspecified atom stereocenters. The third-order valence-corrected chi connectivity index (χ3v) is 4.58. The molecule has 31 heavy (non-hydrogen) atoms. The van der Waals surface area contributed by atoms with E-state index in [-0.39, 0.29) is 12.5 Å². The van der Waals surface area contributed by atoms with E-state index in [1.165, 1.54) is 6.21 Å². The zero-order chi connectivity index (χ0) is 22.1. The third-order valence-electron chi connectivity index (χ3n) is 4.32. The maximum absolute atomic E-state index is 12.0. The predicted molar refractivity (Wildman–Crippen MR) is 121 cm³/mol. The number of carbonyl (C=O) groups is 2. The highest BCUT2D eigenvalue weighted by molar-refractivity contribution is 6.30. The summed E-state index contributed by atoms with van der Waals surface area (Å²) in [5, 5.41) is 7.15. The molecule has 0 heterocycles. The number of carbonyl (C=O) groups excluding carboxylic acids is 2. The normalized spacial score (nSPS) is 10.6. The first-order valence-corrected chi connectivity index (χ1v) is 10.0. The molecule has 2 amide bonds. The first-order chi connectivity index (χ1) is 15.0. The van der Waals surface area contributed by atoms with Gasteiger partial charge in [-0.2, -0.15) is 5.10 Å². The second-order valence-corrected chi connectivity index (χ2v) is 7.26. The summed E-state index contributed by atoms with van der Waals surface area (Å²) in [6.45, 7) is 2.21. The van der Waals surface area contributed by atoms with Gasteiger partial charge in [-0.15, -0.1) is 0 Å². The van der Waals surface area contributed by atoms with E-state index in [9.17, 15) is 9.59 Å². The Balaban J connectivity index is 1.40. The summed E-state index contributed by atoms with van der Waals surface area (Å²) in [6.07, 6.45) is 1.52. The summed E-state index contributed by atoms with van der Waals surface area (Å²) in [7, 11) is 0. The van der Waals surface area contributed by atoms with Gasteiger partial charge >= 0.3 is 0 Å². The smallest absolute Gasteiger partial charge is 0.259 e. The van der Waals surface area contributed by atoms with Gasteiger partial charge in [0, 0.05) is 10.6 Å². The molecule has 3 rings (SSSR count). The Morgan fingerprint density at radius 1 is 0.968 bits per heavy atom. The van der Waals surface area contributed by atoms with Crippen LogP contribution in [0.4, 0.5) is 0 Å². The van der Waals surface area contributed by atoms with E-state index in [2.05, 4.69) is 15.8 Å². The highest BCUT2D eigenvalue weighted by Gasteiger charge is 2.07. The van der Waals surface area contributed by atoms with Crippen molar-refractivity contribution in [3.63, 3.8) is 0 Å². The molecule has 0 bridgehead atoms. The van der Waals surface area contributed by atoms with Crippen molar-refractivity contribution in [2.75, 3.05) is 6.54 Å². The monoisotopic (exact) mass is 435 g/mol. The van der Waals surface area contributed by atoms with Crippen LogP contribution in [0.15, 0.2) is 77.9 Å². The highest BCUT2D eigenvalue weighted by atomic mass is 35.5. The van der Waals surface area contributed by atoms with E-state index >= 15 is 0 Å². The minimum atomic E-state index is -0.417. The first-order valence-electron chi connectivity index (χ1n) is 9.64. The second-order valence-electron chi connectivity index (χ2n) is 6.83. The van der Waals surface area contributed by atoms with Crippen LogP contribution >= 0.6 is 11.6 Å². The SMILES string of the molecule is Cc1ccc(C(=O)NCC(=O)N/N=C/c2ccc(OCc3ccc(Cl)cc3)cc2)cc1. The van der Waals surface area contributed by atoms with Crippen molar-refractivity contribution < 1.29 is 14.3 Å². The summed E-state index contributed by atoms with van der Waals surface area (Å²) >= 11 is 5.87. The minimum Gasteiger partial charge on any atom is -0.489 e. The zero-order valence-electron chi connectivity index (χ0n) is 17.0. The Morgan fingerprint density at radius 2 is 1.65 bits per heavy atom. The number of rotatable bonds is 8. The van der Waals surface area contributed by atoms with Crippen LogP contribution in [-0.2, 0) is 11.4 Å². The molecule has 7 heteroatoms. The molecule has 3 aromatic rings. The van der Waals surface area contributed by atoms with Crippen LogP contribution in [0.5, 0.6) is 5.75 Å². The second kappa shape index (κ2) is 10.9. The Labute approximate surface area is 185 Å². The number of hydrazone groups is 1. The van der Waals surface area contributed by atoms with Crippen LogP contribution in [0.25, 0.3) is 0 Å². The lowest BCUT2D eigenvalue weighted by Gasteiger charge is -2.06. The molecule has 0 saturated heterocycles. The minimum absolute atomic E-state index is 0.165. The summed E-state index contributed by atoms with van der Waals surface area (Å²) in [5.41, 5.74) is 5.76. The van der Waals surface area contributed by atoms with Gasteiger partial charge in [0.1, 0.15) is 12.4 Å². The van der Waals surface area contributed by atoms with Gasteiger partial charge < -0.3 is 10.1 Å². The third kappa shape index (κ3) is 7.28. The fourth-order valence-electron chi connectivity index (χ4n) is 2.58. The van der Waals surface area contributed by atoms with Crippen LogP contribution in [0.1, 0.15) is 27.0 Å². The number of hydrogen-bond acceptors (Lipinski definition) is 4. The molecule has 0 radical (unpaired) electrons. The number of nitrogens with zero attached hydrogens (tertiary/aromatic N) is 1. The standard InChI is InChI=1S/C24H22ClN3O3/c1-17-2-8-20(9-3-17)24(30)26-15-23(29)28-27-14-18-6-12-22(13-7-18)31-16-19-4-10-21(25)11-5-19/h2-14H,15-16H2,1H3,(H,26,30)(H,28,29)/b27-14+. The molecule has 0 aliphatic heterocycles. The average molecular weight is 436 g/mol. The van der Waals surface area contributed by atoms with Crippen LogP contribution in [0.2, 0.25) is 5.02 Å². The van der Waals surface area contributed by atoms with Crippen LogP contribution in [0.3, 0.4) is 0 Å². The van der Waals surface area contributed by atoms with Crippen LogP contribution in [0, 0.1) is 6.92 Å². The molecule has 6 nitrogen and oxygen atoms in total. The van der Waals surface area contributed by atoms with E-state index in [4.69, 9.17) is 16.3 Å². The van der Waals surface area contributed by atoms with E-state index in [1.54, 1.807) is 12.1 Å². The number of aryl methyl sites for hydroxylation is 1. The van der Waals surface area contributed by atoms with E-state index < -0.39 is 5.91 Å². The van der Waals surface area contributed by atoms with Crippen molar-refractivity contribution in [1.29, 1.82) is 0 Å². The van der Waals surface area contributed by atoms with Crippen molar-refractivity contribution in [2.45, 2.75) is 13.5 Å². The number of hydrogen-bond donors (Lipinski definition) is 2. The number of ether oxygens (including phenoxy) is 1. The average Bonchev–Trinajstić information content (AvgIpc) is 2.78. The van der Waals surface area contributed by atoms with Gasteiger partial charge in [-0.3, -0.25) is 9.59 Å². The van der Waals surface area contributed by atoms with Crippen molar-refractivity contribution in [1.82, 2.24) is 10.7 Å². The van der Waals surface area contributed by atoms with Crippen molar-refractivity contribution in [3.8, 4) is 5.75 Å². The van der Waals surface area contributed by atoms with E-state index in [0.717, 1.165) is 22.4 Å². The number of nitrogens with one attached hydrogen (secondary N) is 2. The number of halogens is 1. The maximum Gasteiger partial charge on any atom is 0.259 e. The molecule has 2 N–H and O–H groups in total. The van der Waals surface area contributed by atoms with Crippen LogP contribution < -0.4 is 15.5 Å². The van der Waals surface area contributed by atoms with Crippen molar-refractivity contribution >= 4 is 29.6 Å². The van der Waals surface area contributed by atoms with Gasteiger partial charge in [0.15, 0.2) is 0 Å². The highest BCUT2D eigenvalue weighted by Crippen LogP contribution is 2.15. The lowest BCUT2D eigenvalue weighted by atomic mass is 10.1. The van der Waals surface area contributed by atoms with Gasteiger partial charge in [0.25, 0.3) is 11.8 Å². The lowest BCUT2D eigenvalue weighted by molar-refractivity contribution is -0.120. The summed E-state index contributed by atoms with van der Waals surface area (Å²) in [5.74, 6) is -0.0112. The Hall–Kier alpha value is -3.64. The first kappa shape index (κ1) is 22.1. The number of benzene rings is 3. The molecular formula is C24H22ClN3O3. The molecule has 0 aromatic heterocycles. The fraction of sp³-hybridized carbons (Fsp3) is 0.125. The lowest BCUT2D eigenvalue weighted by Crippen LogP contribution is -2.34. The molecule has 0 aliphatic rings. The Kier molecular flexibility index (Phi) is 7.79. The van der Waals surface area contributed by atoms with Crippen molar-refractivity contribution in [3.05, 3.63) is 100 Å². The Bertz CT molecular complexity index is 1050. The van der Waals surface area contributed by atoms with Gasteiger partial charge in [0.2, 0.25) is 0 Å². The molecule has 3 aromatic carbocycles. The summed E-state index contributed by atoms with van der Waals surface area (Å²) in [4.78, 5) is 23.8. The number of amides is 2.